The third kappa shape index (κ3) is 2.64. The van der Waals surface area contributed by atoms with Crippen LogP contribution in [0.2, 0.25) is 0 Å². The first-order valence-electron chi connectivity index (χ1n) is 10.3. The lowest BCUT2D eigenvalue weighted by Crippen LogP contribution is -2.41. The van der Waals surface area contributed by atoms with Crippen LogP contribution in [0.4, 0.5) is 5.82 Å². The van der Waals surface area contributed by atoms with E-state index in [-0.39, 0.29) is 0 Å². The summed E-state index contributed by atoms with van der Waals surface area (Å²) in [5.41, 5.74) is 5.54. The SMILES string of the molecule is Cc1nc(N2CCC3(CCOC3)CC2)c2nccn2c1-c1ccc2cn[nH]c2c1. The normalized spacial score (nSPS) is 19.0. The predicted molar refractivity (Wildman–Crippen MR) is 112 cm³/mol. The lowest BCUT2D eigenvalue weighted by molar-refractivity contribution is 0.133. The Balaban J connectivity index is 1.41. The summed E-state index contributed by atoms with van der Waals surface area (Å²) in [5.74, 6) is 0.993. The van der Waals surface area contributed by atoms with Gasteiger partial charge in [-0.1, -0.05) is 12.1 Å². The third-order valence-corrected chi connectivity index (χ3v) is 6.72. The van der Waals surface area contributed by atoms with Crippen molar-refractivity contribution >= 4 is 22.4 Å². The molecule has 3 aromatic heterocycles. The molecule has 0 amide bonds. The number of rotatable bonds is 2. The molecule has 4 aromatic rings. The van der Waals surface area contributed by atoms with Crippen LogP contribution < -0.4 is 4.90 Å². The van der Waals surface area contributed by atoms with Gasteiger partial charge in [0.1, 0.15) is 0 Å². The highest BCUT2D eigenvalue weighted by Gasteiger charge is 2.38. The zero-order valence-corrected chi connectivity index (χ0v) is 16.6. The maximum atomic E-state index is 5.69. The van der Waals surface area contributed by atoms with Crippen LogP contribution in [0.1, 0.15) is 25.0 Å². The van der Waals surface area contributed by atoms with E-state index in [9.17, 15) is 0 Å². The topological polar surface area (TPSA) is 71.3 Å². The smallest absolute Gasteiger partial charge is 0.180 e. The molecule has 6 rings (SSSR count). The number of ether oxygens (including phenoxy) is 1. The van der Waals surface area contributed by atoms with Gasteiger partial charge < -0.3 is 9.64 Å². The summed E-state index contributed by atoms with van der Waals surface area (Å²) in [6, 6.07) is 6.36. The highest BCUT2D eigenvalue weighted by Crippen LogP contribution is 2.40. The van der Waals surface area contributed by atoms with Crippen molar-refractivity contribution < 1.29 is 4.74 Å². The molecule has 1 aromatic carbocycles. The molecule has 0 bridgehead atoms. The number of nitrogens with one attached hydrogen (secondary N) is 1. The molecule has 1 N–H and O–H groups in total. The number of aromatic amines is 1. The lowest BCUT2D eigenvalue weighted by Gasteiger charge is -2.39. The first kappa shape index (κ1) is 17.0. The molecule has 0 atom stereocenters. The molecular formula is C22H24N6O. The molecule has 7 heteroatoms. The Hall–Kier alpha value is -2.93. The van der Waals surface area contributed by atoms with E-state index in [1.807, 2.05) is 18.6 Å². The summed E-state index contributed by atoms with van der Waals surface area (Å²) in [6.45, 7) is 5.94. The Morgan fingerprint density at radius 3 is 2.90 bits per heavy atom. The fourth-order valence-corrected chi connectivity index (χ4v) is 4.97. The number of hydrogen-bond acceptors (Lipinski definition) is 5. The second-order valence-corrected chi connectivity index (χ2v) is 8.45. The van der Waals surface area contributed by atoms with E-state index in [1.54, 1.807) is 0 Å². The molecule has 148 valence electrons. The number of benzene rings is 1. The summed E-state index contributed by atoms with van der Waals surface area (Å²) in [7, 11) is 0. The Morgan fingerprint density at radius 2 is 2.07 bits per heavy atom. The minimum atomic E-state index is 0.386. The number of imidazole rings is 1. The van der Waals surface area contributed by atoms with Crippen LogP contribution in [0.25, 0.3) is 27.8 Å². The van der Waals surface area contributed by atoms with Crippen LogP contribution in [0, 0.1) is 12.3 Å². The molecule has 2 aliphatic heterocycles. The van der Waals surface area contributed by atoms with Crippen molar-refractivity contribution in [1.29, 1.82) is 0 Å². The molecular weight excluding hydrogens is 364 g/mol. The van der Waals surface area contributed by atoms with Gasteiger partial charge in [-0.05, 0) is 37.7 Å². The third-order valence-electron chi connectivity index (χ3n) is 6.72. The average Bonchev–Trinajstić information content (AvgIpc) is 3.48. The highest BCUT2D eigenvalue weighted by molar-refractivity contribution is 5.84. The van der Waals surface area contributed by atoms with Crippen LogP contribution in [0.3, 0.4) is 0 Å². The summed E-state index contributed by atoms with van der Waals surface area (Å²) >= 11 is 0. The second-order valence-electron chi connectivity index (χ2n) is 8.45. The van der Waals surface area contributed by atoms with Gasteiger partial charge in [0, 0.05) is 43.0 Å². The Bertz CT molecular complexity index is 1190. The minimum Gasteiger partial charge on any atom is -0.381 e. The number of H-pyrrole nitrogens is 1. The zero-order valence-electron chi connectivity index (χ0n) is 16.6. The first-order chi connectivity index (χ1) is 14.2. The molecule has 2 saturated heterocycles. The fourth-order valence-electron chi connectivity index (χ4n) is 4.97. The Labute approximate surface area is 168 Å². The summed E-state index contributed by atoms with van der Waals surface area (Å²) in [6.07, 6.45) is 9.28. The largest absolute Gasteiger partial charge is 0.381 e. The van der Waals surface area contributed by atoms with Gasteiger partial charge in [-0.2, -0.15) is 5.10 Å². The maximum Gasteiger partial charge on any atom is 0.180 e. The minimum absolute atomic E-state index is 0.386. The van der Waals surface area contributed by atoms with Gasteiger partial charge >= 0.3 is 0 Å². The van der Waals surface area contributed by atoms with E-state index in [4.69, 9.17) is 9.72 Å². The van der Waals surface area contributed by atoms with Crippen LogP contribution in [0.5, 0.6) is 0 Å². The van der Waals surface area contributed by atoms with Crippen molar-refractivity contribution in [3.63, 3.8) is 0 Å². The van der Waals surface area contributed by atoms with Crippen molar-refractivity contribution in [3.8, 4) is 11.3 Å². The quantitative estimate of drug-likeness (QED) is 0.568. The van der Waals surface area contributed by atoms with Crippen molar-refractivity contribution in [3.05, 3.63) is 42.5 Å². The molecule has 2 fully saturated rings. The number of fused-ring (bicyclic) bond motifs is 2. The van der Waals surface area contributed by atoms with E-state index in [1.165, 1.54) is 19.3 Å². The Morgan fingerprint density at radius 1 is 1.17 bits per heavy atom. The van der Waals surface area contributed by atoms with Gasteiger partial charge in [0.25, 0.3) is 0 Å². The molecule has 29 heavy (non-hydrogen) atoms. The molecule has 0 aliphatic carbocycles. The van der Waals surface area contributed by atoms with E-state index >= 15 is 0 Å². The van der Waals surface area contributed by atoms with Crippen molar-refractivity contribution in [2.24, 2.45) is 5.41 Å². The molecule has 5 heterocycles. The van der Waals surface area contributed by atoms with E-state index in [0.29, 0.717) is 5.41 Å². The molecule has 2 aliphatic rings. The van der Waals surface area contributed by atoms with E-state index in [0.717, 1.165) is 65.6 Å². The fraction of sp³-hybridized carbons (Fsp3) is 0.409. The predicted octanol–water partition coefficient (Wildman–Crippen LogP) is 3.59. The van der Waals surface area contributed by atoms with E-state index < -0.39 is 0 Å². The van der Waals surface area contributed by atoms with Crippen molar-refractivity contribution in [2.75, 3.05) is 31.2 Å². The van der Waals surface area contributed by atoms with Crippen LogP contribution >= 0.6 is 0 Å². The van der Waals surface area contributed by atoms with Gasteiger partial charge in [-0.15, -0.1) is 0 Å². The number of anilines is 1. The highest BCUT2D eigenvalue weighted by atomic mass is 16.5. The summed E-state index contributed by atoms with van der Waals surface area (Å²) in [5, 5.41) is 8.31. The number of aromatic nitrogens is 5. The molecule has 0 unspecified atom stereocenters. The number of nitrogens with zero attached hydrogens (tertiary/aromatic N) is 5. The first-order valence-corrected chi connectivity index (χ1v) is 10.3. The number of aryl methyl sites for hydroxylation is 1. The van der Waals surface area contributed by atoms with Crippen molar-refractivity contribution in [2.45, 2.75) is 26.2 Å². The zero-order chi connectivity index (χ0) is 19.4. The molecule has 0 radical (unpaired) electrons. The van der Waals surface area contributed by atoms with Crippen LogP contribution in [-0.2, 0) is 4.74 Å². The van der Waals surface area contributed by atoms with Gasteiger partial charge in [-0.3, -0.25) is 9.50 Å². The maximum absolute atomic E-state index is 5.69. The van der Waals surface area contributed by atoms with Crippen LogP contribution in [0.15, 0.2) is 36.8 Å². The monoisotopic (exact) mass is 388 g/mol. The summed E-state index contributed by atoms with van der Waals surface area (Å²) in [4.78, 5) is 12.1. The lowest BCUT2D eigenvalue weighted by atomic mass is 9.78. The standard InChI is InChI=1S/C22H24N6O/c1-15-19(16-2-3-17-13-24-26-18(17)12-16)28-10-7-23-20(28)21(25-15)27-8-4-22(5-9-27)6-11-29-14-22/h2-3,7,10,12-13H,4-6,8-9,11,14H2,1H3,(H,24,26). The molecule has 0 saturated carbocycles. The van der Waals surface area contributed by atoms with Crippen molar-refractivity contribution in [1.82, 2.24) is 24.6 Å². The average molecular weight is 388 g/mol. The van der Waals surface area contributed by atoms with Gasteiger partial charge in [0.05, 0.1) is 29.7 Å². The number of piperidine rings is 1. The molecule has 7 nitrogen and oxygen atoms in total. The van der Waals surface area contributed by atoms with Gasteiger partial charge in [0.2, 0.25) is 0 Å². The summed E-state index contributed by atoms with van der Waals surface area (Å²) < 4.78 is 7.87. The van der Waals surface area contributed by atoms with Gasteiger partial charge in [0.15, 0.2) is 11.5 Å². The second kappa shape index (κ2) is 6.29. The Kier molecular flexibility index (Phi) is 3.68. The van der Waals surface area contributed by atoms with E-state index in [2.05, 4.69) is 49.6 Å². The van der Waals surface area contributed by atoms with Crippen LogP contribution in [-0.4, -0.2) is 50.9 Å². The molecule has 1 spiro atoms. The van der Waals surface area contributed by atoms with Gasteiger partial charge in [-0.25, -0.2) is 9.97 Å². The number of hydrogen-bond donors (Lipinski definition) is 1.